The molecule has 2 N–H and O–H groups in total. The van der Waals surface area contributed by atoms with Crippen molar-refractivity contribution < 1.29 is 10.2 Å². The first-order valence-corrected chi connectivity index (χ1v) is 8.28. The zero-order chi connectivity index (χ0) is 16.1. The van der Waals surface area contributed by atoms with Gasteiger partial charge in [0.2, 0.25) is 5.43 Å². The average molecular weight is 308 g/mol. The average Bonchev–Trinajstić information content (AvgIpc) is 2.74. The largest absolute Gasteiger partial charge is 0.503 e. The molecule has 0 radical (unpaired) electrons. The van der Waals surface area contributed by atoms with Crippen molar-refractivity contribution in [1.82, 2.24) is 9.47 Å². The Morgan fingerprint density at radius 3 is 2.50 bits per heavy atom. The summed E-state index contributed by atoms with van der Waals surface area (Å²) in [6.07, 6.45) is 7.12. The number of aromatic hydroxyl groups is 1. The molecule has 0 spiro atoms. The molecular weight excluding hydrogens is 280 g/mol. The first-order valence-electron chi connectivity index (χ1n) is 8.28. The van der Waals surface area contributed by atoms with Gasteiger partial charge < -0.3 is 14.8 Å². The van der Waals surface area contributed by atoms with Gasteiger partial charge in [-0.25, -0.2) is 0 Å². The summed E-state index contributed by atoms with van der Waals surface area (Å²) in [6, 6.07) is 1.89. The van der Waals surface area contributed by atoms with Gasteiger partial charge in [0.15, 0.2) is 5.75 Å². The van der Waals surface area contributed by atoms with Crippen molar-refractivity contribution in [3.8, 4) is 5.75 Å². The van der Waals surface area contributed by atoms with Crippen molar-refractivity contribution in [2.45, 2.75) is 58.0 Å². The predicted octanol–water partition coefficient (Wildman–Crippen LogP) is 2.18. The highest BCUT2D eigenvalue weighted by molar-refractivity contribution is 5.30. The van der Waals surface area contributed by atoms with Gasteiger partial charge in [-0.3, -0.25) is 9.69 Å². The molecule has 1 fully saturated rings. The molecule has 1 saturated carbocycles. The van der Waals surface area contributed by atoms with E-state index in [-0.39, 0.29) is 17.8 Å². The van der Waals surface area contributed by atoms with Gasteiger partial charge in [-0.05, 0) is 26.8 Å². The fourth-order valence-corrected chi connectivity index (χ4v) is 3.48. The highest BCUT2D eigenvalue weighted by Gasteiger charge is 2.22. The van der Waals surface area contributed by atoms with Crippen molar-refractivity contribution >= 4 is 0 Å². The Morgan fingerprint density at radius 1 is 1.27 bits per heavy atom. The number of likely N-dealkylation sites (N-methyl/N-ethyl adjacent to an activating group) is 1. The van der Waals surface area contributed by atoms with Crippen molar-refractivity contribution in [3.63, 3.8) is 0 Å². The van der Waals surface area contributed by atoms with Gasteiger partial charge in [-0.1, -0.05) is 25.7 Å². The second-order valence-electron chi connectivity index (χ2n) is 6.42. The molecule has 124 valence electrons. The van der Waals surface area contributed by atoms with Gasteiger partial charge in [-0.15, -0.1) is 0 Å². The quantitative estimate of drug-likeness (QED) is 0.818. The van der Waals surface area contributed by atoms with Crippen LogP contribution < -0.4 is 5.43 Å². The molecule has 1 aliphatic rings. The number of rotatable bonds is 5. The molecule has 0 unspecified atom stereocenters. The number of aryl methyl sites for hydroxylation is 1. The van der Waals surface area contributed by atoms with E-state index in [1.807, 2.05) is 18.9 Å². The number of aliphatic hydroxyl groups is 1. The van der Waals surface area contributed by atoms with Crippen LogP contribution in [-0.4, -0.2) is 39.9 Å². The molecule has 0 atom stereocenters. The van der Waals surface area contributed by atoms with Gasteiger partial charge in [-0.2, -0.15) is 0 Å². The fourth-order valence-electron chi connectivity index (χ4n) is 3.48. The molecule has 2 rings (SSSR count). The molecule has 0 saturated heterocycles. The molecule has 0 aromatic carbocycles. The number of hydrogen-bond acceptors (Lipinski definition) is 4. The van der Waals surface area contributed by atoms with E-state index in [1.54, 1.807) is 0 Å². The number of pyridine rings is 1. The highest BCUT2D eigenvalue weighted by atomic mass is 16.3. The second kappa shape index (κ2) is 7.79. The first-order chi connectivity index (χ1) is 10.5. The van der Waals surface area contributed by atoms with Crippen molar-refractivity contribution in [1.29, 1.82) is 0 Å². The lowest BCUT2D eigenvalue weighted by Crippen LogP contribution is -2.28. The maximum Gasteiger partial charge on any atom is 0.223 e. The van der Waals surface area contributed by atoms with E-state index in [0.717, 1.165) is 18.5 Å². The van der Waals surface area contributed by atoms with Crippen LogP contribution in [0, 0.1) is 6.92 Å². The standard InChI is InChI=1S/C17H28N2O3/c1-13-11-16(21)17(22)15(12-18(2)9-10-20)19(13)14-7-5-3-4-6-8-14/h11,14,20,22H,3-10,12H2,1-2H3. The third-order valence-electron chi connectivity index (χ3n) is 4.61. The Morgan fingerprint density at radius 2 is 1.91 bits per heavy atom. The van der Waals surface area contributed by atoms with Crippen LogP contribution in [0.2, 0.25) is 0 Å². The number of nitrogens with zero attached hydrogens (tertiary/aromatic N) is 2. The van der Waals surface area contributed by atoms with Crippen LogP contribution in [0.15, 0.2) is 10.9 Å². The molecule has 5 nitrogen and oxygen atoms in total. The van der Waals surface area contributed by atoms with Crippen LogP contribution in [0.4, 0.5) is 0 Å². The summed E-state index contributed by atoms with van der Waals surface area (Å²) in [5.41, 5.74) is 1.30. The molecule has 1 aromatic rings. The zero-order valence-electron chi connectivity index (χ0n) is 13.7. The van der Waals surface area contributed by atoms with Crippen molar-refractivity contribution in [3.05, 3.63) is 27.7 Å². The Hall–Kier alpha value is -1.33. The Balaban J connectivity index is 2.41. The van der Waals surface area contributed by atoms with E-state index >= 15 is 0 Å². The van der Waals surface area contributed by atoms with Crippen LogP contribution >= 0.6 is 0 Å². The van der Waals surface area contributed by atoms with Crippen LogP contribution in [0.3, 0.4) is 0 Å². The normalized spacial score (nSPS) is 16.9. The lowest BCUT2D eigenvalue weighted by Gasteiger charge is -2.28. The van der Waals surface area contributed by atoms with Crippen LogP contribution in [0.5, 0.6) is 5.75 Å². The zero-order valence-corrected chi connectivity index (χ0v) is 13.7. The monoisotopic (exact) mass is 308 g/mol. The lowest BCUT2D eigenvalue weighted by atomic mass is 10.1. The van der Waals surface area contributed by atoms with E-state index in [0.29, 0.717) is 24.8 Å². The van der Waals surface area contributed by atoms with Crippen molar-refractivity contribution in [2.75, 3.05) is 20.2 Å². The lowest BCUT2D eigenvalue weighted by molar-refractivity contribution is 0.210. The smallest absolute Gasteiger partial charge is 0.223 e. The van der Waals surface area contributed by atoms with E-state index in [9.17, 15) is 9.90 Å². The summed E-state index contributed by atoms with van der Waals surface area (Å²) in [4.78, 5) is 13.9. The predicted molar refractivity (Wildman–Crippen MR) is 87.3 cm³/mol. The Bertz CT molecular complexity index is 546. The first kappa shape index (κ1) is 17.0. The molecule has 1 aromatic heterocycles. The highest BCUT2D eigenvalue weighted by Crippen LogP contribution is 2.31. The molecule has 0 bridgehead atoms. The SMILES string of the molecule is Cc1cc(=O)c(O)c(CN(C)CCO)n1C1CCCCCC1. The maximum absolute atomic E-state index is 12.0. The minimum Gasteiger partial charge on any atom is -0.503 e. The minimum absolute atomic E-state index is 0.0662. The Kier molecular flexibility index (Phi) is 6.03. The molecular formula is C17H28N2O3. The fraction of sp³-hybridized carbons (Fsp3) is 0.706. The summed E-state index contributed by atoms with van der Waals surface area (Å²) < 4.78 is 2.16. The maximum atomic E-state index is 12.0. The number of hydrogen-bond donors (Lipinski definition) is 2. The molecule has 5 heteroatoms. The molecule has 0 aliphatic heterocycles. The van der Waals surface area contributed by atoms with E-state index in [1.165, 1.54) is 31.7 Å². The van der Waals surface area contributed by atoms with E-state index in [4.69, 9.17) is 5.11 Å². The Labute approximate surface area is 132 Å². The van der Waals surface area contributed by atoms with Gasteiger partial charge in [0.1, 0.15) is 0 Å². The molecule has 0 amide bonds. The van der Waals surface area contributed by atoms with Crippen LogP contribution in [-0.2, 0) is 6.54 Å². The van der Waals surface area contributed by atoms with Crippen molar-refractivity contribution in [2.24, 2.45) is 0 Å². The van der Waals surface area contributed by atoms with E-state index in [2.05, 4.69) is 4.57 Å². The van der Waals surface area contributed by atoms with Gasteiger partial charge in [0.05, 0.1) is 12.3 Å². The topological polar surface area (TPSA) is 65.7 Å². The summed E-state index contributed by atoms with van der Waals surface area (Å²) in [5.74, 6) is -0.139. The molecule has 1 aliphatic carbocycles. The second-order valence-corrected chi connectivity index (χ2v) is 6.42. The summed E-state index contributed by atoms with van der Waals surface area (Å²) >= 11 is 0. The third-order valence-corrected chi connectivity index (χ3v) is 4.61. The summed E-state index contributed by atoms with van der Waals surface area (Å²) in [7, 11) is 1.89. The van der Waals surface area contributed by atoms with Gasteiger partial charge in [0.25, 0.3) is 0 Å². The van der Waals surface area contributed by atoms with Crippen LogP contribution in [0.1, 0.15) is 56.0 Å². The summed E-state index contributed by atoms with van der Waals surface area (Å²) in [5, 5.41) is 19.4. The molecule has 22 heavy (non-hydrogen) atoms. The third kappa shape index (κ3) is 3.90. The van der Waals surface area contributed by atoms with E-state index < -0.39 is 0 Å². The summed E-state index contributed by atoms with van der Waals surface area (Å²) in [6.45, 7) is 3.00. The number of aliphatic hydroxyl groups excluding tert-OH is 1. The van der Waals surface area contributed by atoms with Gasteiger partial charge in [0, 0.05) is 30.9 Å². The van der Waals surface area contributed by atoms with Gasteiger partial charge >= 0.3 is 0 Å². The van der Waals surface area contributed by atoms with Crippen LogP contribution in [0.25, 0.3) is 0 Å². The molecule has 1 heterocycles. The minimum atomic E-state index is -0.310. The number of aromatic nitrogens is 1.